The van der Waals surface area contributed by atoms with Crippen molar-refractivity contribution in [3.05, 3.63) is 24.0 Å². The number of pyridine rings is 1. The van der Waals surface area contributed by atoms with Crippen molar-refractivity contribution < 1.29 is 4.74 Å². The highest BCUT2D eigenvalue weighted by Crippen LogP contribution is 2.15. The van der Waals surface area contributed by atoms with Crippen LogP contribution >= 0.6 is 0 Å². The number of nitrogens with zero attached hydrogens (tertiary/aromatic N) is 1. The molecule has 1 saturated heterocycles. The first-order chi connectivity index (χ1) is 6.86. The molecule has 2 heterocycles. The van der Waals surface area contributed by atoms with Crippen LogP contribution in [0.4, 0.5) is 5.69 Å². The summed E-state index contributed by atoms with van der Waals surface area (Å²) in [5.74, 6) is 0. The minimum Gasteiger partial charge on any atom is -0.381 e. The van der Waals surface area contributed by atoms with Gasteiger partial charge in [-0.05, 0) is 31.9 Å². The van der Waals surface area contributed by atoms with Gasteiger partial charge in [0.1, 0.15) is 0 Å². The molecule has 0 spiro atoms. The second-order valence-corrected chi connectivity index (χ2v) is 3.65. The van der Waals surface area contributed by atoms with Gasteiger partial charge in [0.15, 0.2) is 0 Å². The molecule has 1 atom stereocenters. The molecule has 0 aliphatic carbocycles. The molecule has 1 aromatic rings. The summed E-state index contributed by atoms with van der Waals surface area (Å²) < 4.78 is 5.53. The highest BCUT2D eigenvalue weighted by Gasteiger charge is 2.14. The highest BCUT2D eigenvalue weighted by molar-refractivity contribution is 5.46. The zero-order valence-corrected chi connectivity index (χ0v) is 8.49. The van der Waals surface area contributed by atoms with Gasteiger partial charge < -0.3 is 10.1 Å². The summed E-state index contributed by atoms with van der Waals surface area (Å²) in [4.78, 5) is 4.22. The second kappa shape index (κ2) is 4.42. The molecule has 2 rings (SSSR count). The number of aryl methyl sites for hydroxylation is 1. The van der Waals surface area contributed by atoms with E-state index in [-0.39, 0.29) is 0 Å². The molecule has 3 heteroatoms. The van der Waals surface area contributed by atoms with Crippen LogP contribution < -0.4 is 5.32 Å². The van der Waals surface area contributed by atoms with E-state index in [0.717, 1.165) is 24.5 Å². The van der Waals surface area contributed by atoms with E-state index in [1.54, 1.807) is 0 Å². The van der Waals surface area contributed by atoms with Crippen molar-refractivity contribution in [2.24, 2.45) is 0 Å². The molecular formula is C11H16N2O. The zero-order chi connectivity index (χ0) is 9.80. The number of nitrogens with one attached hydrogen (secondary N) is 1. The van der Waals surface area contributed by atoms with Gasteiger partial charge in [0, 0.05) is 19.3 Å². The molecule has 3 nitrogen and oxygen atoms in total. The Kier molecular flexibility index (Phi) is 2.99. The maximum Gasteiger partial charge on any atom is 0.0748 e. The van der Waals surface area contributed by atoms with Crippen molar-refractivity contribution >= 4 is 5.69 Å². The molecule has 1 aliphatic rings. The minimum atomic E-state index is 0.384. The Hall–Kier alpha value is -1.09. The average Bonchev–Trinajstić information content (AvgIpc) is 2.69. The third kappa shape index (κ3) is 2.23. The van der Waals surface area contributed by atoms with Gasteiger partial charge in [-0.3, -0.25) is 4.98 Å². The molecule has 0 saturated carbocycles. The maximum atomic E-state index is 5.53. The second-order valence-electron chi connectivity index (χ2n) is 3.65. The summed E-state index contributed by atoms with van der Waals surface area (Å²) in [6.45, 7) is 3.82. The Morgan fingerprint density at radius 1 is 1.64 bits per heavy atom. The number of aromatic nitrogens is 1. The summed E-state index contributed by atoms with van der Waals surface area (Å²) in [5.41, 5.74) is 2.16. The van der Waals surface area contributed by atoms with Crippen molar-refractivity contribution in [2.45, 2.75) is 25.9 Å². The van der Waals surface area contributed by atoms with E-state index >= 15 is 0 Å². The van der Waals surface area contributed by atoms with Crippen LogP contribution in [0.2, 0.25) is 0 Å². The van der Waals surface area contributed by atoms with Crippen LogP contribution in [0.25, 0.3) is 0 Å². The van der Waals surface area contributed by atoms with Gasteiger partial charge >= 0.3 is 0 Å². The molecule has 1 aromatic heterocycles. The van der Waals surface area contributed by atoms with Crippen molar-refractivity contribution in [1.82, 2.24) is 4.98 Å². The van der Waals surface area contributed by atoms with E-state index in [0.29, 0.717) is 6.10 Å². The van der Waals surface area contributed by atoms with E-state index < -0.39 is 0 Å². The zero-order valence-electron chi connectivity index (χ0n) is 8.49. The summed E-state index contributed by atoms with van der Waals surface area (Å²) >= 11 is 0. The fourth-order valence-corrected chi connectivity index (χ4v) is 1.70. The van der Waals surface area contributed by atoms with Crippen molar-refractivity contribution in [1.29, 1.82) is 0 Å². The summed E-state index contributed by atoms with van der Waals surface area (Å²) in [7, 11) is 0. The summed E-state index contributed by atoms with van der Waals surface area (Å²) in [6.07, 6.45) is 4.56. The van der Waals surface area contributed by atoms with E-state index in [4.69, 9.17) is 4.74 Å². The number of anilines is 1. The number of rotatable bonds is 3. The molecule has 0 radical (unpaired) electrons. The molecule has 1 aliphatic heterocycles. The van der Waals surface area contributed by atoms with Crippen molar-refractivity contribution in [3.63, 3.8) is 0 Å². The average molecular weight is 192 g/mol. The molecule has 1 fully saturated rings. The predicted octanol–water partition coefficient (Wildman–Crippen LogP) is 1.98. The Bertz CT molecular complexity index is 295. The van der Waals surface area contributed by atoms with Crippen LogP contribution in [0.1, 0.15) is 18.5 Å². The largest absolute Gasteiger partial charge is 0.381 e. The molecule has 1 N–H and O–H groups in total. The third-order valence-electron chi connectivity index (χ3n) is 2.55. The molecule has 14 heavy (non-hydrogen) atoms. The normalized spacial score (nSPS) is 21.1. The standard InChI is InChI=1S/C11H16N2O/c1-9-11(5-2-6-12-9)13-8-10-4-3-7-14-10/h2,5-6,10,13H,3-4,7-8H2,1H3. The van der Waals surface area contributed by atoms with Crippen LogP contribution in [0, 0.1) is 6.92 Å². The van der Waals surface area contributed by atoms with Gasteiger partial charge in [0.05, 0.1) is 17.5 Å². The van der Waals surface area contributed by atoms with Crippen molar-refractivity contribution in [2.75, 3.05) is 18.5 Å². The Morgan fingerprint density at radius 2 is 2.57 bits per heavy atom. The number of hydrogen-bond acceptors (Lipinski definition) is 3. The first kappa shape index (κ1) is 9.46. The molecule has 0 amide bonds. The van der Waals surface area contributed by atoms with Crippen molar-refractivity contribution in [3.8, 4) is 0 Å². The lowest BCUT2D eigenvalue weighted by molar-refractivity contribution is 0.120. The smallest absolute Gasteiger partial charge is 0.0748 e. The molecule has 76 valence electrons. The fraction of sp³-hybridized carbons (Fsp3) is 0.545. The number of ether oxygens (including phenoxy) is 1. The third-order valence-corrected chi connectivity index (χ3v) is 2.55. The first-order valence-electron chi connectivity index (χ1n) is 5.13. The van der Waals surface area contributed by atoms with Gasteiger partial charge in [-0.25, -0.2) is 0 Å². The van der Waals surface area contributed by atoms with Gasteiger partial charge in [-0.15, -0.1) is 0 Å². The minimum absolute atomic E-state index is 0.384. The molecule has 0 aromatic carbocycles. The lowest BCUT2D eigenvalue weighted by Gasteiger charge is -2.12. The molecule has 1 unspecified atom stereocenters. The maximum absolute atomic E-state index is 5.53. The Balaban J connectivity index is 1.88. The van der Waals surface area contributed by atoms with Gasteiger partial charge in [0.2, 0.25) is 0 Å². The summed E-state index contributed by atoms with van der Waals surface area (Å²) in [5, 5.41) is 3.37. The quantitative estimate of drug-likeness (QED) is 0.795. The van der Waals surface area contributed by atoms with E-state index in [9.17, 15) is 0 Å². The highest BCUT2D eigenvalue weighted by atomic mass is 16.5. The Morgan fingerprint density at radius 3 is 3.29 bits per heavy atom. The SMILES string of the molecule is Cc1ncccc1NCC1CCCO1. The van der Waals surface area contributed by atoms with Gasteiger partial charge in [-0.1, -0.05) is 0 Å². The summed E-state index contributed by atoms with van der Waals surface area (Å²) in [6, 6.07) is 4.00. The predicted molar refractivity (Wildman–Crippen MR) is 56.4 cm³/mol. The molecule has 0 bridgehead atoms. The van der Waals surface area contributed by atoms with E-state index in [1.807, 2.05) is 19.2 Å². The Labute approximate surface area is 84.5 Å². The van der Waals surface area contributed by atoms with Crippen LogP contribution in [0.15, 0.2) is 18.3 Å². The van der Waals surface area contributed by atoms with Crippen LogP contribution in [0.3, 0.4) is 0 Å². The first-order valence-corrected chi connectivity index (χ1v) is 5.13. The van der Waals surface area contributed by atoms with Crippen LogP contribution in [-0.4, -0.2) is 24.2 Å². The number of hydrogen-bond donors (Lipinski definition) is 1. The fourth-order valence-electron chi connectivity index (χ4n) is 1.70. The van der Waals surface area contributed by atoms with E-state index in [2.05, 4.69) is 16.4 Å². The molecular weight excluding hydrogens is 176 g/mol. The van der Waals surface area contributed by atoms with E-state index in [1.165, 1.54) is 12.8 Å². The lowest BCUT2D eigenvalue weighted by Crippen LogP contribution is -2.18. The van der Waals surface area contributed by atoms with Crippen LogP contribution in [-0.2, 0) is 4.74 Å². The van der Waals surface area contributed by atoms with Crippen LogP contribution in [0.5, 0.6) is 0 Å². The lowest BCUT2D eigenvalue weighted by atomic mass is 10.2. The topological polar surface area (TPSA) is 34.2 Å². The van der Waals surface area contributed by atoms with Gasteiger partial charge in [0.25, 0.3) is 0 Å². The monoisotopic (exact) mass is 192 g/mol. The van der Waals surface area contributed by atoms with Gasteiger partial charge in [-0.2, -0.15) is 0 Å².